The summed E-state index contributed by atoms with van der Waals surface area (Å²) in [5.41, 5.74) is 5.00. The number of amides is 1. The van der Waals surface area contributed by atoms with Gasteiger partial charge in [0.05, 0.1) is 23.3 Å². The number of nitrogens with zero attached hydrogens (tertiary/aromatic N) is 5. The number of anilines is 1. The lowest BCUT2D eigenvalue weighted by molar-refractivity contribution is 0.0985. The molecule has 4 aromatic rings. The Balaban J connectivity index is 1.71. The van der Waals surface area contributed by atoms with Gasteiger partial charge in [0, 0.05) is 36.1 Å². The van der Waals surface area contributed by atoms with Crippen molar-refractivity contribution in [3.8, 4) is 17.2 Å². The van der Waals surface area contributed by atoms with E-state index in [0.29, 0.717) is 29.8 Å². The van der Waals surface area contributed by atoms with Crippen LogP contribution >= 0.6 is 0 Å². The second-order valence-electron chi connectivity index (χ2n) is 8.05. The Morgan fingerprint density at radius 1 is 1.06 bits per heavy atom. The van der Waals surface area contributed by atoms with Gasteiger partial charge in [-0.05, 0) is 61.6 Å². The molecule has 6 nitrogen and oxygen atoms in total. The van der Waals surface area contributed by atoms with Gasteiger partial charge in [0.2, 0.25) is 0 Å². The molecule has 0 aliphatic carbocycles. The Kier molecular flexibility index (Phi) is 6.48. The fourth-order valence-corrected chi connectivity index (χ4v) is 3.63. The number of aromatic nitrogens is 2. The molecule has 0 saturated carbocycles. The van der Waals surface area contributed by atoms with Gasteiger partial charge in [0.15, 0.2) is 0 Å². The minimum absolute atomic E-state index is 0.135. The van der Waals surface area contributed by atoms with E-state index in [4.69, 9.17) is 5.26 Å². The normalized spacial score (nSPS) is 11.0. The maximum Gasteiger partial charge on any atom is 0.258 e. The van der Waals surface area contributed by atoms with Crippen LogP contribution in [0.4, 0.5) is 10.1 Å². The van der Waals surface area contributed by atoms with Gasteiger partial charge >= 0.3 is 0 Å². The molecule has 4 rings (SSSR count). The highest BCUT2D eigenvalue weighted by Crippen LogP contribution is 2.27. The number of hydrogen-bond donors (Lipinski definition) is 0. The number of carbonyl (C=O) groups excluding carboxylic acids is 1. The summed E-state index contributed by atoms with van der Waals surface area (Å²) >= 11 is 0. The SMILES string of the molecule is CN(C)CCN(C(=O)c1ccn2ncc(-c3ccc(CF)cc3)c2c1)c1ccc(C#N)cc1. The lowest BCUT2D eigenvalue weighted by Gasteiger charge is -2.25. The van der Waals surface area contributed by atoms with Crippen molar-refractivity contribution in [1.82, 2.24) is 14.5 Å². The zero-order valence-electron chi connectivity index (χ0n) is 18.6. The molecular formula is C26H24FN5O. The van der Waals surface area contributed by atoms with Crippen molar-refractivity contribution in [1.29, 1.82) is 5.26 Å². The van der Waals surface area contributed by atoms with E-state index in [1.165, 1.54) is 0 Å². The molecule has 0 aliphatic rings. The molecule has 0 bridgehead atoms. The van der Waals surface area contributed by atoms with E-state index in [2.05, 4.69) is 11.2 Å². The van der Waals surface area contributed by atoms with Gasteiger partial charge in [-0.3, -0.25) is 4.79 Å². The summed E-state index contributed by atoms with van der Waals surface area (Å²) in [7, 11) is 3.92. The first kappa shape index (κ1) is 22.2. The lowest BCUT2D eigenvalue weighted by atomic mass is 10.0. The molecule has 2 heterocycles. The molecular weight excluding hydrogens is 417 g/mol. The molecule has 166 valence electrons. The minimum Gasteiger partial charge on any atom is -0.308 e. The first-order valence-corrected chi connectivity index (χ1v) is 10.6. The van der Waals surface area contributed by atoms with Gasteiger partial charge in [0.25, 0.3) is 5.91 Å². The van der Waals surface area contributed by atoms with E-state index in [-0.39, 0.29) is 5.91 Å². The summed E-state index contributed by atoms with van der Waals surface area (Å²) < 4.78 is 14.6. The third kappa shape index (κ3) is 4.76. The molecule has 1 amide bonds. The Morgan fingerprint density at radius 3 is 2.42 bits per heavy atom. The monoisotopic (exact) mass is 441 g/mol. The molecule has 0 spiro atoms. The van der Waals surface area contributed by atoms with Crippen molar-refractivity contribution >= 4 is 17.1 Å². The van der Waals surface area contributed by atoms with Crippen molar-refractivity contribution in [3.63, 3.8) is 0 Å². The third-order valence-corrected chi connectivity index (χ3v) is 5.51. The van der Waals surface area contributed by atoms with E-state index in [1.807, 2.05) is 37.2 Å². The molecule has 2 aromatic heterocycles. The predicted molar refractivity (Wildman–Crippen MR) is 127 cm³/mol. The smallest absolute Gasteiger partial charge is 0.258 e. The number of pyridine rings is 1. The zero-order valence-corrected chi connectivity index (χ0v) is 18.6. The van der Waals surface area contributed by atoms with Gasteiger partial charge < -0.3 is 9.80 Å². The standard InChI is InChI=1S/C26H24FN5O/c1-30(2)13-14-31(23-9-5-20(17-28)6-10-23)26(33)22-11-12-32-25(15-22)24(18-29-32)21-7-3-19(16-27)4-8-21/h3-12,15,18H,13-14,16H2,1-2H3. The third-order valence-electron chi connectivity index (χ3n) is 5.51. The zero-order chi connectivity index (χ0) is 23.4. The number of nitriles is 1. The van der Waals surface area contributed by atoms with Crippen LogP contribution in [-0.4, -0.2) is 47.6 Å². The molecule has 0 atom stereocenters. The van der Waals surface area contributed by atoms with Crippen LogP contribution in [0.1, 0.15) is 21.5 Å². The summed E-state index contributed by atoms with van der Waals surface area (Å²) in [5, 5.41) is 13.5. The number of alkyl halides is 1. The van der Waals surface area contributed by atoms with E-state index < -0.39 is 6.67 Å². The van der Waals surface area contributed by atoms with E-state index in [9.17, 15) is 9.18 Å². The minimum atomic E-state index is -0.508. The molecule has 7 heteroatoms. The maximum atomic E-state index is 13.6. The van der Waals surface area contributed by atoms with Crippen LogP contribution in [0.2, 0.25) is 0 Å². The van der Waals surface area contributed by atoms with E-state index in [0.717, 1.165) is 22.3 Å². The van der Waals surface area contributed by atoms with Crippen LogP contribution in [0.3, 0.4) is 0 Å². The Bertz CT molecular complexity index is 1300. The second kappa shape index (κ2) is 9.63. The summed E-state index contributed by atoms with van der Waals surface area (Å²) in [6.07, 6.45) is 3.52. The van der Waals surface area contributed by atoms with Crippen LogP contribution in [0.25, 0.3) is 16.6 Å². The number of halogens is 1. The van der Waals surface area contributed by atoms with Crippen LogP contribution in [0.15, 0.2) is 73.1 Å². The average molecular weight is 442 g/mol. The number of benzene rings is 2. The number of likely N-dealkylation sites (N-methyl/N-ethyl adjacent to an activating group) is 1. The van der Waals surface area contributed by atoms with Gasteiger partial charge in [-0.2, -0.15) is 10.4 Å². The fraction of sp³-hybridized carbons (Fsp3) is 0.192. The highest BCUT2D eigenvalue weighted by molar-refractivity contribution is 6.07. The van der Waals surface area contributed by atoms with Crippen molar-refractivity contribution in [2.75, 3.05) is 32.1 Å². The highest BCUT2D eigenvalue weighted by atomic mass is 19.1. The molecule has 0 unspecified atom stereocenters. The lowest BCUT2D eigenvalue weighted by Crippen LogP contribution is -2.36. The molecule has 0 N–H and O–H groups in total. The second-order valence-corrected chi connectivity index (χ2v) is 8.05. The van der Waals surface area contributed by atoms with Crippen LogP contribution in [0.5, 0.6) is 0 Å². The molecule has 0 radical (unpaired) electrons. The van der Waals surface area contributed by atoms with Gasteiger partial charge in [-0.25, -0.2) is 8.91 Å². The van der Waals surface area contributed by atoms with Crippen molar-refractivity contribution in [3.05, 3.63) is 89.7 Å². The van der Waals surface area contributed by atoms with Gasteiger partial charge in [0.1, 0.15) is 6.67 Å². The van der Waals surface area contributed by atoms with Crippen LogP contribution < -0.4 is 4.90 Å². The Hall–Kier alpha value is -4.02. The highest BCUT2D eigenvalue weighted by Gasteiger charge is 2.19. The van der Waals surface area contributed by atoms with E-state index >= 15 is 0 Å². The fourth-order valence-electron chi connectivity index (χ4n) is 3.63. The Labute approximate surface area is 192 Å². The number of fused-ring (bicyclic) bond motifs is 1. The number of hydrogen-bond acceptors (Lipinski definition) is 4. The largest absolute Gasteiger partial charge is 0.308 e. The predicted octanol–water partition coefficient (Wildman–Crippen LogP) is 4.55. The Morgan fingerprint density at radius 2 is 1.79 bits per heavy atom. The quantitative estimate of drug-likeness (QED) is 0.422. The topological polar surface area (TPSA) is 64.6 Å². The summed E-state index contributed by atoms with van der Waals surface area (Å²) in [5.74, 6) is -0.135. The average Bonchev–Trinajstić information content (AvgIpc) is 3.27. The summed E-state index contributed by atoms with van der Waals surface area (Å²) in [6, 6.07) is 19.9. The maximum absolute atomic E-state index is 13.6. The van der Waals surface area contributed by atoms with Crippen LogP contribution in [0, 0.1) is 11.3 Å². The molecule has 0 fully saturated rings. The van der Waals surface area contributed by atoms with Gasteiger partial charge in [-0.1, -0.05) is 24.3 Å². The first-order chi connectivity index (χ1) is 16.0. The molecule has 0 saturated heterocycles. The molecule has 33 heavy (non-hydrogen) atoms. The van der Waals surface area contributed by atoms with Crippen molar-refractivity contribution in [2.45, 2.75) is 6.67 Å². The van der Waals surface area contributed by atoms with Crippen LogP contribution in [-0.2, 0) is 6.67 Å². The number of carbonyl (C=O) groups is 1. The number of rotatable bonds is 7. The summed E-state index contributed by atoms with van der Waals surface area (Å²) in [6.45, 7) is 0.679. The van der Waals surface area contributed by atoms with Gasteiger partial charge in [-0.15, -0.1) is 0 Å². The first-order valence-electron chi connectivity index (χ1n) is 10.6. The summed E-state index contributed by atoms with van der Waals surface area (Å²) in [4.78, 5) is 17.3. The van der Waals surface area contributed by atoms with E-state index in [1.54, 1.807) is 64.3 Å². The van der Waals surface area contributed by atoms with Crippen molar-refractivity contribution < 1.29 is 9.18 Å². The van der Waals surface area contributed by atoms with Crippen molar-refractivity contribution in [2.24, 2.45) is 0 Å². The molecule has 2 aromatic carbocycles. The molecule has 0 aliphatic heterocycles.